The van der Waals surface area contributed by atoms with Gasteiger partial charge in [0.15, 0.2) is 0 Å². The van der Waals surface area contributed by atoms with Crippen molar-refractivity contribution in [2.45, 2.75) is 52.1 Å². The molecule has 0 aliphatic rings. The lowest BCUT2D eigenvalue weighted by molar-refractivity contribution is -0.283. The highest BCUT2D eigenvalue weighted by Gasteiger charge is 2.09. The van der Waals surface area contributed by atoms with Crippen LogP contribution in [0.2, 0.25) is 0 Å². The summed E-state index contributed by atoms with van der Waals surface area (Å²) in [4.78, 5) is 4.38. The Labute approximate surface area is 134 Å². The summed E-state index contributed by atoms with van der Waals surface area (Å²) < 4.78 is 0. The van der Waals surface area contributed by atoms with E-state index < -0.39 is 0 Å². The van der Waals surface area contributed by atoms with Gasteiger partial charge in [0.2, 0.25) is 0 Å². The van der Waals surface area contributed by atoms with Gasteiger partial charge in [0.05, 0.1) is 0 Å². The maximum Gasteiger partial charge on any atom is 0.118 e. The van der Waals surface area contributed by atoms with Gasteiger partial charge in [-0.3, -0.25) is 5.26 Å². The predicted octanol–water partition coefficient (Wildman–Crippen LogP) is 6.05. The van der Waals surface area contributed by atoms with Crippen LogP contribution in [0.4, 0.5) is 0 Å². The molecule has 120 valence electrons. The zero-order chi connectivity index (χ0) is 16.0. The second kappa shape index (κ2) is 12.0. The minimum absolute atomic E-state index is 0.170. The van der Waals surface area contributed by atoms with E-state index in [9.17, 15) is 0 Å². The van der Waals surface area contributed by atoms with Crippen LogP contribution in [0.1, 0.15) is 56.8 Å². The lowest BCUT2D eigenvalue weighted by atomic mass is 10.1. The highest BCUT2D eigenvalue weighted by molar-refractivity contribution is 5.17. The summed E-state index contributed by atoms with van der Waals surface area (Å²) >= 11 is 0. The summed E-state index contributed by atoms with van der Waals surface area (Å²) in [5.41, 5.74) is 2.49. The average Bonchev–Trinajstić information content (AvgIpc) is 2.60. The van der Waals surface area contributed by atoms with Crippen molar-refractivity contribution >= 4 is 0 Å². The van der Waals surface area contributed by atoms with Gasteiger partial charge in [0.1, 0.15) is 6.10 Å². The van der Waals surface area contributed by atoms with Gasteiger partial charge in [-0.1, -0.05) is 87.4 Å². The zero-order valence-corrected chi connectivity index (χ0v) is 13.7. The van der Waals surface area contributed by atoms with Crippen LogP contribution < -0.4 is 0 Å². The molecule has 2 nitrogen and oxygen atoms in total. The molecule has 2 heteroatoms. The summed E-state index contributed by atoms with van der Waals surface area (Å²) in [7, 11) is 0. The molecule has 0 fully saturated rings. The number of unbranched alkanes of at least 4 members (excludes halogenated alkanes) is 1. The third-order valence-corrected chi connectivity index (χ3v) is 3.51. The molecule has 0 saturated carbocycles. The van der Waals surface area contributed by atoms with Crippen LogP contribution in [0.5, 0.6) is 0 Å². The Kier molecular flexibility index (Phi) is 10.0. The third kappa shape index (κ3) is 7.39. The van der Waals surface area contributed by atoms with E-state index in [1.54, 1.807) is 0 Å². The molecule has 2 aromatic carbocycles. The summed E-state index contributed by atoms with van der Waals surface area (Å²) in [6, 6.07) is 20.4. The topological polar surface area (TPSA) is 29.5 Å². The lowest BCUT2D eigenvalue weighted by Crippen LogP contribution is -2.00. The Morgan fingerprint density at radius 1 is 0.864 bits per heavy atom. The molecule has 0 radical (unpaired) electrons. The quantitative estimate of drug-likeness (QED) is 0.498. The molecule has 0 bridgehead atoms. The molecule has 0 heterocycles. The first-order valence-corrected chi connectivity index (χ1v) is 8.20. The molecular formula is C20H28O2. The maximum absolute atomic E-state index is 8.61. The fourth-order valence-corrected chi connectivity index (χ4v) is 2.24. The zero-order valence-electron chi connectivity index (χ0n) is 13.7. The minimum Gasteiger partial charge on any atom is -0.251 e. The normalized spacial score (nSPS) is 11.4. The number of rotatable bonds is 7. The van der Waals surface area contributed by atoms with E-state index in [1.807, 2.05) is 30.3 Å². The van der Waals surface area contributed by atoms with Gasteiger partial charge in [-0.15, -0.1) is 0 Å². The van der Waals surface area contributed by atoms with Gasteiger partial charge in [-0.05, 0) is 30.4 Å². The molecule has 0 saturated heterocycles. The number of benzene rings is 2. The highest BCUT2D eigenvalue weighted by Crippen LogP contribution is 2.20. The molecule has 2 rings (SSSR count). The van der Waals surface area contributed by atoms with Crippen molar-refractivity contribution in [3.63, 3.8) is 0 Å². The number of hydrogen-bond acceptors (Lipinski definition) is 2. The second-order valence-corrected chi connectivity index (χ2v) is 5.38. The lowest BCUT2D eigenvalue weighted by Gasteiger charge is -2.11. The molecule has 22 heavy (non-hydrogen) atoms. The fourth-order valence-electron chi connectivity index (χ4n) is 2.24. The van der Waals surface area contributed by atoms with Crippen LogP contribution in [0.25, 0.3) is 0 Å². The van der Waals surface area contributed by atoms with Crippen molar-refractivity contribution in [1.82, 2.24) is 0 Å². The van der Waals surface area contributed by atoms with E-state index in [4.69, 9.17) is 5.26 Å². The molecule has 0 amide bonds. The van der Waals surface area contributed by atoms with Gasteiger partial charge < -0.3 is 0 Å². The van der Waals surface area contributed by atoms with Gasteiger partial charge in [-0.25, -0.2) is 4.89 Å². The van der Waals surface area contributed by atoms with Crippen LogP contribution >= 0.6 is 0 Å². The van der Waals surface area contributed by atoms with E-state index in [2.05, 4.69) is 49.1 Å². The molecule has 0 aliphatic heterocycles. The first-order valence-electron chi connectivity index (χ1n) is 8.20. The smallest absolute Gasteiger partial charge is 0.118 e. The molecule has 0 aromatic heterocycles. The molecule has 0 aliphatic carbocycles. The molecular weight excluding hydrogens is 272 g/mol. The van der Waals surface area contributed by atoms with E-state index in [0.717, 1.165) is 18.4 Å². The van der Waals surface area contributed by atoms with E-state index in [-0.39, 0.29) is 6.10 Å². The van der Waals surface area contributed by atoms with Gasteiger partial charge >= 0.3 is 0 Å². The van der Waals surface area contributed by atoms with Crippen LogP contribution in [-0.2, 0) is 11.3 Å². The Balaban J connectivity index is 0.000000224. The molecule has 1 unspecified atom stereocenters. The van der Waals surface area contributed by atoms with Crippen molar-refractivity contribution in [1.29, 1.82) is 0 Å². The van der Waals surface area contributed by atoms with Gasteiger partial charge in [0.25, 0.3) is 0 Å². The van der Waals surface area contributed by atoms with Gasteiger partial charge in [0, 0.05) is 0 Å². The monoisotopic (exact) mass is 300 g/mol. The van der Waals surface area contributed by atoms with E-state index >= 15 is 0 Å². The van der Waals surface area contributed by atoms with Crippen molar-refractivity contribution in [3.8, 4) is 0 Å². The first kappa shape index (κ1) is 18.4. The predicted molar refractivity (Wildman–Crippen MR) is 92.9 cm³/mol. The largest absolute Gasteiger partial charge is 0.251 e. The molecule has 2 aromatic rings. The Morgan fingerprint density at radius 2 is 1.45 bits per heavy atom. The second-order valence-electron chi connectivity index (χ2n) is 5.38. The summed E-state index contributed by atoms with van der Waals surface area (Å²) in [6.45, 7) is 4.29. The molecule has 1 atom stereocenters. The van der Waals surface area contributed by atoms with Gasteiger partial charge in [-0.2, -0.15) is 0 Å². The van der Waals surface area contributed by atoms with Crippen molar-refractivity contribution in [2.75, 3.05) is 0 Å². The van der Waals surface area contributed by atoms with E-state index in [0.29, 0.717) is 0 Å². The van der Waals surface area contributed by atoms with Crippen molar-refractivity contribution < 1.29 is 10.1 Å². The average molecular weight is 300 g/mol. The Morgan fingerprint density at radius 3 is 1.95 bits per heavy atom. The van der Waals surface area contributed by atoms with E-state index in [1.165, 1.54) is 24.8 Å². The summed E-state index contributed by atoms with van der Waals surface area (Å²) in [5, 5.41) is 8.61. The maximum atomic E-state index is 8.61. The standard InChI is InChI=1S/C10H14O2.C10H14/c1-2-6-10(12-11)9-7-4-3-5-8-9;1-2-3-7-10-8-5-4-6-9-10/h3-5,7-8,10-11H,2,6H2,1H3;4-6,8-9H,2-3,7H2,1H3. The first-order chi connectivity index (χ1) is 10.8. The number of aryl methyl sites for hydroxylation is 1. The fraction of sp³-hybridized carbons (Fsp3) is 0.400. The molecule has 1 N–H and O–H groups in total. The van der Waals surface area contributed by atoms with Crippen molar-refractivity contribution in [3.05, 3.63) is 71.8 Å². The van der Waals surface area contributed by atoms with Crippen LogP contribution in [-0.4, -0.2) is 5.26 Å². The Hall–Kier alpha value is -1.64. The van der Waals surface area contributed by atoms with Crippen LogP contribution in [0.3, 0.4) is 0 Å². The van der Waals surface area contributed by atoms with Crippen LogP contribution in [0, 0.1) is 0 Å². The third-order valence-electron chi connectivity index (χ3n) is 3.51. The van der Waals surface area contributed by atoms with Crippen LogP contribution in [0.15, 0.2) is 60.7 Å². The van der Waals surface area contributed by atoms with Crippen molar-refractivity contribution in [2.24, 2.45) is 0 Å². The summed E-state index contributed by atoms with van der Waals surface area (Å²) in [5.74, 6) is 0. The number of hydrogen-bond donors (Lipinski definition) is 1. The minimum atomic E-state index is -0.170. The molecule has 0 spiro atoms. The summed E-state index contributed by atoms with van der Waals surface area (Å²) in [6.07, 6.45) is 5.51. The highest BCUT2D eigenvalue weighted by atomic mass is 17.1. The Bertz CT molecular complexity index is 468. The SMILES string of the molecule is CCCC(OO)c1ccccc1.CCCCc1ccccc1.